The van der Waals surface area contributed by atoms with Crippen LogP contribution < -0.4 is 0 Å². The number of amides is 1. The molecule has 2 fully saturated rings. The van der Waals surface area contributed by atoms with Gasteiger partial charge in [0.2, 0.25) is 0 Å². The summed E-state index contributed by atoms with van der Waals surface area (Å²) < 4.78 is 4.25. The average molecular weight is 298 g/mol. The molecule has 0 aromatic carbocycles. The number of carbonyl (C=O) groups excluding carboxylic acids is 1. The number of hydrogen-bond donors (Lipinski definition) is 0. The maximum atomic E-state index is 12.4. The molecule has 2 aromatic heterocycles. The van der Waals surface area contributed by atoms with Crippen LogP contribution in [0.5, 0.6) is 0 Å². The highest BCUT2D eigenvalue weighted by Crippen LogP contribution is 2.34. The molecular weight excluding hydrogens is 276 g/mol. The van der Waals surface area contributed by atoms with Gasteiger partial charge in [0.05, 0.1) is 5.92 Å². The summed E-state index contributed by atoms with van der Waals surface area (Å²) >= 11 is 0. The molecule has 2 aromatic rings. The van der Waals surface area contributed by atoms with Crippen LogP contribution in [0.25, 0.3) is 0 Å². The van der Waals surface area contributed by atoms with E-state index in [1.54, 1.807) is 0 Å². The Labute approximate surface area is 130 Å². The van der Waals surface area contributed by atoms with E-state index in [0.29, 0.717) is 5.92 Å². The number of aryl methyl sites for hydroxylation is 2. The molecular formula is C17H22N4O. The summed E-state index contributed by atoms with van der Waals surface area (Å²) in [5, 5.41) is 0. The van der Waals surface area contributed by atoms with Crippen LogP contribution in [-0.2, 0) is 13.6 Å². The van der Waals surface area contributed by atoms with Gasteiger partial charge in [0.15, 0.2) is 0 Å². The van der Waals surface area contributed by atoms with Gasteiger partial charge in [0.25, 0.3) is 5.91 Å². The van der Waals surface area contributed by atoms with E-state index in [2.05, 4.69) is 16.5 Å². The zero-order valence-electron chi connectivity index (χ0n) is 13.2. The fraction of sp³-hybridized carbons (Fsp3) is 0.529. The molecule has 116 valence electrons. The topological polar surface area (TPSA) is 43.1 Å². The van der Waals surface area contributed by atoms with Gasteiger partial charge in [0, 0.05) is 44.8 Å². The van der Waals surface area contributed by atoms with E-state index in [4.69, 9.17) is 0 Å². The number of carbonyl (C=O) groups is 1. The molecule has 5 heteroatoms. The number of imidazole rings is 1. The molecule has 0 N–H and O–H groups in total. The minimum absolute atomic E-state index is 0.126. The highest BCUT2D eigenvalue weighted by Gasteiger charge is 2.36. The third-order valence-electron chi connectivity index (χ3n) is 4.92. The molecule has 3 heterocycles. The standard InChI is InChI=1S/C17H22N4O/c1-12-8-18-16(21(12)9-13-5-6-13)14-10-20(11-14)17(22)15-4-3-7-19(15)2/h3-4,7-8,13-14H,5-6,9-11H2,1-2H3. The molecule has 1 saturated heterocycles. The lowest BCUT2D eigenvalue weighted by atomic mass is 9.98. The van der Waals surface area contributed by atoms with Crippen molar-refractivity contribution in [3.8, 4) is 0 Å². The Morgan fingerprint density at radius 2 is 2.14 bits per heavy atom. The number of hydrogen-bond acceptors (Lipinski definition) is 2. The van der Waals surface area contributed by atoms with Crippen LogP contribution in [0.15, 0.2) is 24.5 Å². The second-order valence-corrected chi connectivity index (χ2v) is 6.72. The normalized spacial score (nSPS) is 18.5. The van der Waals surface area contributed by atoms with Crippen molar-refractivity contribution < 1.29 is 4.79 Å². The summed E-state index contributed by atoms with van der Waals surface area (Å²) in [6, 6.07) is 3.80. The quantitative estimate of drug-likeness (QED) is 0.868. The Morgan fingerprint density at radius 3 is 2.77 bits per heavy atom. The first-order chi connectivity index (χ1) is 10.6. The average Bonchev–Trinajstić information content (AvgIpc) is 3.06. The van der Waals surface area contributed by atoms with Gasteiger partial charge in [-0.05, 0) is 37.8 Å². The van der Waals surface area contributed by atoms with E-state index in [1.165, 1.54) is 24.4 Å². The highest BCUT2D eigenvalue weighted by atomic mass is 16.2. The Hall–Kier alpha value is -2.04. The molecule has 2 aliphatic rings. The molecule has 1 aliphatic carbocycles. The second kappa shape index (κ2) is 5.00. The van der Waals surface area contributed by atoms with Gasteiger partial charge in [-0.2, -0.15) is 0 Å². The lowest BCUT2D eigenvalue weighted by Crippen LogP contribution is -2.49. The van der Waals surface area contributed by atoms with Crippen molar-refractivity contribution in [1.29, 1.82) is 0 Å². The third kappa shape index (κ3) is 2.25. The van der Waals surface area contributed by atoms with Crippen LogP contribution in [0.3, 0.4) is 0 Å². The first-order valence-corrected chi connectivity index (χ1v) is 8.06. The smallest absolute Gasteiger partial charge is 0.270 e. The van der Waals surface area contributed by atoms with Crippen molar-refractivity contribution in [3.05, 3.63) is 41.7 Å². The fourth-order valence-corrected chi connectivity index (χ4v) is 3.25. The second-order valence-electron chi connectivity index (χ2n) is 6.72. The summed E-state index contributed by atoms with van der Waals surface area (Å²) in [6.07, 6.45) is 6.58. The lowest BCUT2D eigenvalue weighted by molar-refractivity contribution is 0.0581. The van der Waals surface area contributed by atoms with Gasteiger partial charge in [0.1, 0.15) is 11.5 Å². The van der Waals surface area contributed by atoms with Crippen molar-refractivity contribution >= 4 is 5.91 Å². The van der Waals surface area contributed by atoms with Gasteiger partial charge >= 0.3 is 0 Å². The Morgan fingerprint density at radius 1 is 1.36 bits per heavy atom. The molecule has 1 amide bonds. The van der Waals surface area contributed by atoms with Gasteiger partial charge in [-0.3, -0.25) is 4.79 Å². The van der Waals surface area contributed by atoms with Crippen molar-refractivity contribution in [2.45, 2.75) is 32.2 Å². The molecule has 4 rings (SSSR count). The number of aromatic nitrogens is 3. The minimum Gasteiger partial charge on any atom is -0.347 e. The number of likely N-dealkylation sites (tertiary alicyclic amines) is 1. The highest BCUT2D eigenvalue weighted by molar-refractivity contribution is 5.93. The van der Waals surface area contributed by atoms with E-state index >= 15 is 0 Å². The van der Waals surface area contributed by atoms with Crippen molar-refractivity contribution in [2.24, 2.45) is 13.0 Å². The van der Waals surface area contributed by atoms with Crippen molar-refractivity contribution in [2.75, 3.05) is 13.1 Å². The Balaban J connectivity index is 1.45. The number of nitrogens with zero attached hydrogens (tertiary/aromatic N) is 4. The van der Waals surface area contributed by atoms with Crippen molar-refractivity contribution in [1.82, 2.24) is 19.0 Å². The lowest BCUT2D eigenvalue weighted by Gasteiger charge is -2.39. The number of rotatable bonds is 4. The predicted octanol–water partition coefficient (Wildman–Crippen LogP) is 2.18. The SMILES string of the molecule is Cc1cnc(C2CN(C(=O)c3cccn3C)C2)n1CC1CC1. The summed E-state index contributed by atoms with van der Waals surface area (Å²) in [4.78, 5) is 19.0. The van der Waals surface area contributed by atoms with E-state index in [0.717, 1.165) is 31.2 Å². The molecule has 0 atom stereocenters. The minimum atomic E-state index is 0.126. The predicted molar refractivity (Wildman–Crippen MR) is 83.7 cm³/mol. The zero-order chi connectivity index (χ0) is 15.3. The van der Waals surface area contributed by atoms with E-state index in [9.17, 15) is 4.79 Å². The third-order valence-corrected chi connectivity index (χ3v) is 4.92. The molecule has 0 unspecified atom stereocenters. The van der Waals surface area contributed by atoms with Gasteiger partial charge < -0.3 is 14.0 Å². The van der Waals surface area contributed by atoms with E-state index < -0.39 is 0 Å². The molecule has 1 aliphatic heterocycles. The largest absolute Gasteiger partial charge is 0.347 e. The zero-order valence-corrected chi connectivity index (χ0v) is 13.2. The van der Waals surface area contributed by atoms with Crippen LogP contribution in [0, 0.1) is 12.8 Å². The molecule has 22 heavy (non-hydrogen) atoms. The first-order valence-electron chi connectivity index (χ1n) is 8.06. The monoisotopic (exact) mass is 298 g/mol. The fourth-order valence-electron chi connectivity index (χ4n) is 3.25. The summed E-state index contributed by atoms with van der Waals surface area (Å²) in [6.45, 7) is 4.80. The first kappa shape index (κ1) is 13.6. The molecule has 0 bridgehead atoms. The van der Waals surface area contributed by atoms with Crippen LogP contribution >= 0.6 is 0 Å². The van der Waals surface area contributed by atoms with Gasteiger partial charge in [-0.1, -0.05) is 0 Å². The Bertz CT molecular complexity index is 704. The van der Waals surface area contributed by atoms with Gasteiger partial charge in [-0.25, -0.2) is 4.98 Å². The van der Waals surface area contributed by atoms with Crippen LogP contribution in [0.4, 0.5) is 0 Å². The van der Waals surface area contributed by atoms with Crippen molar-refractivity contribution in [3.63, 3.8) is 0 Å². The molecule has 0 spiro atoms. The molecule has 0 radical (unpaired) electrons. The van der Waals surface area contributed by atoms with E-state index in [1.807, 2.05) is 41.0 Å². The maximum absolute atomic E-state index is 12.4. The molecule has 5 nitrogen and oxygen atoms in total. The van der Waals surface area contributed by atoms with Crippen LogP contribution in [0.2, 0.25) is 0 Å². The maximum Gasteiger partial charge on any atom is 0.270 e. The summed E-state index contributed by atoms with van der Waals surface area (Å²) in [5.41, 5.74) is 2.00. The Kier molecular flexibility index (Phi) is 3.10. The van der Waals surface area contributed by atoms with Crippen LogP contribution in [0.1, 0.15) is 40.8 Å². The molecule has 1 saturated carbocycles. The van der Waals surface area contributed by atoms with Crippen LogP contribution in [-0.4, -0.2) is 38.0 Å². The van der Waals surface area contributed by atoms with Gasteiger partial charge in [-0.15, -0.1) is 0 Å². The van der Waals surface area contributed by atoms with E-state index in [-0.39, 0.29) is 5.91 Å². The summed E-state index contributed by atoms with van der Waals surface area (Å²) in [5.74, 6) is 2.52. The summed E-state index contributed by atoms with van der Waals surface area (Å²) in [7, 11) is 1.91.